The molecule has 1 heterocycles. The van der Waals surface area contributed by atoms with Crippen molar-refractivity contribution in [3.8, 4) is 5.69 Å². The van der Waals surface area contributed by atoms with Gasteiger partial charge in [-0.05, 0) is 30.5 Å². The second-order valence-corrected chi connectivity index (χ2v) is 5.70. The molecule has 1 N–H and O–H groups in total. The lowest BCUT2D eigenvalue weighted by Gasteiger charge is -2.24. The molecule has 1 saturated carbocycles. The number of nitrogens with zero attached hydrogens (tertiary/aromatic N) is 2. The van der Waals surface area contributed by atoms with Gasteiger partial charge in [0.1, 0.15) is 0 Å². The van der Waals surface area contributed by atoms with Gasteiger partial charge in [0.25, 0.3) is 0 Å². The van der Waals surface area contributed by atoms with Crippen molar-refractivity contribution < 1.29 is 9.90 Å². The van der Waals surface area contributed by atoms with E-state index in [1.165, 1.54) is 4.57 Å². The Labute approximate surface area is 122 Å². The third kappa shape index (κ3) is 2.09. The Morgan fingerprint density at radius 1 is 1.14 bits per heavy atom. The fourth-order valence-corrected chi connectivity index (χ4v) is 3.21. The van der Waals surface area contributed by atoms with E-state index in [2.05, 4.69) is 0 Å². The van der Waals surface area contributed by atoms with E-state index in [1.54, 1.807) is 24.0 Å². The van der Waals surface area contributed by atoms with E-state index >= 15 is 0 Å². The second kappa shape index (κ2) is 4.91. The molecular formula is C16H18N2O3. The molecule has 110 valence electrons. The van der Waals surface area contributed by atoms with E-state index in [9.17, 15) is 14.7 Å². The molecule has 0 spiro atoms. The molecular weight excluding hydrogens is 268 g/mol. The number of hydrogen-bond donors (Lipinski definition) is 1. The molecule has 0 amide bonds. The highest BCUT2D eigenvalue weighted by Crippen LogP contribution is 2.41. The monoisotopic (exact) mass is 286 g/mol. The van der Waals surface area contributed by atoms with Gasteiger partial charge in [-0.3, -0.25) is 9.36 Å². The number of rotatable bonds is 3. The van der Waals surface area contributed by atoms with Crippen LogP contribution < -0.4 is 5.69 Å². The lowest BCUT2D eigenvalue weighted by Crippen LogP contribution is -2.32. The maximum Gasteiger partial charge on any atom is 0.332 e. The maximum absolute atomic E-state index is 11.9. The van der Waals surface area contributed by atoms with E-state index in [1.807, 2.05) is 24.3 Å². The van der Waals surface area contributed by atoms with Gasteiger partial charge in [0.15, 0.2) is 0 Å². The quantitative estimate of drug-likeness (QED) is 0.939. The van der Waals surface area contributed by atoms with E-state index in [-0.39, 0.29) is 5.69 Å². The van der Waals surface area contributed by atoms with Gasteiger partial charge in [0, 0.05) is 19.4 Å². The zero-order valence-corrected chi connectivity index (χ0v) is 12.0. The summed E-state index contributed by atoms with van der Waals surface area (Å²) >= 11 is 0. The number of aliphatic carboxylic acids is 1. The summed E-state index contributed by atoms with van der Waals surface area (Å²) in [5, 5.41) is 9.59. The van der Waals surface area contributed by atoms with Crippen LogP contribution in [-0.4, -0.2) is 20.2 Å². The molecule has 1 fully saturated rings. The average molecular weight is 286 g/mol. The summed E-state index contributed by atoms with van der Waals surface area (Å²) in [6.07, 6.45) is 6.68. The first-order valence-corrected chi connectivity index (χ1v) is 7.13. The Hall–Kier alpha value is -2.30. The van der Waals surface area contributed by atoms with Crippen LogP contribution in [0, 0.1) is 0 Å². The Bertz CT molecular complexity index is 719. The zero-order valence-electron chi connectivity index (χ0n) is 12.0. The molecule has 5 heteroatoms. The van der Waals surface area contributed by atoms with Crippen LogP contribution in [0.4, 0.5) is 0 Å². The standard InChI is InChI=1S/C16H18N2O3/c1-17-10-11-18(15(17)21)13-6-4-12(5-7-13)16(14(19)20)8-2-3-9-16/h4-7,10-11H,2-3,8-9H2,1H3,(H,19,20). The SMILES string of the molecule is Cn1ccn(-c2ccc(C3(C(=O)O)CCCC3)cc2)c1=O. The van der Waals surface area contributed by atoms with Crippen LogP contribution in [0.25, 0.3) is 5.69 Å². The third-order valence-corrected chi connectivity index (χ3v) is 4.51. The summed E-state index contributed by atoms with van der Waals surface area (Å²) in [4.78, 5) is 23.6. The number of carboxylic acids is 1. The van der Waals surface area contributed by atoms with Crippen LogP contribution in [0.1, 0.15) is 31.2 Å². The molecule has 1 aromatic carbocycles. The fraction of sp³-hybridized carbons (Fsp3) is 0.375. The number of carbonyl (C=O) groups is 1. The number of hydrogen-bond acceptors (Lipinski definition) is 2. The molecule has 0 aliphatic heterocycles. The van der Waals surface area contributed by atoms with Crippen molar-refractivity contribution in [2.75, 3.05) is 0 Å². The van der Waals surface area contributed by atoms with Crippen molar-refractivity contribution in [3.63, 3.8) is 0 Å². The Morgan fingerprint density at radius 2 is 1.76 bits per heavy atom. The lowest BCUT2D eigenvalue weighted by molar-refractivity contribution is -0.143. The van der Waals surface area contributed by atoms with Crippen LogP contribution in [0.5, 0.6) is 0 Å². The minimum absolute atomic E-state index is 0.114. The number of aryl methyl sites for hydroxylation is 1. The Morgan fingerprint density at radius 3 is 2.24 bits per heavy atom. The number of imidazole rings is 1. The second-order valence-electron chi connectivity index (χ2n) is 5.70. The van der Waals surface area contributed by atoms with Crippen molar-refractivity contribution in [1.82, 2.24) is 9.13 Å². The van der Waals surface area contributed by atoms with Gasteiger partial charge < -0.3 is 9.67 Å². The summed E-state index contributed by atoms with van der Waals surface area (Å²) in [5.74, 6) is -0.746. The number of benzene rings is 1. The minimum atomic E-state index is -0.750. The summed E-state index contributed by atoms with van der Waals surface area (Å²) in [6, 6.07) is 7.32. The number of carboxylic acid groups (broad SMARTS) is 1. The smallest absolute Gasteiger partial charge is 0.332 e. The largest absolute Gasteiger partial charge is 0.481 e. The zero-order chi connectivity index (χ0) is 15.0. The van der Waals surface area contributed by atoms with Crippen LogP contribution in [0.3, 0.4) is 0 Å². The highest BCUT2D eigenvalue weighted by atomic mass is 16.4. The van der Waals surface area contributed by atoms with Crippen LogP contribution in [0.2, 0.25) is 0 Å². The molecule has 1 aliphatic rings. The normalized spacial score (nSPS) is 17.0. The summed E-state index contributed by atoms with van der Waals surface area (Å²) in [7, 11) is 1.70. The van der Waals surface area contributed by atoms with Gasteiger partial charge in [0.2, 0.25) is 0 Å². The fourth-order valence-electron chi connectivity index (χ4n) is 3.21. The summed E-state index contributed by atoms with van der Waals surface area (Å²) < 4.78 is 3.05. The summed E-state index contributed by atoms with van der Waals surface area (Å²) in [6.45, 7) is 0. The van der Waals surface area contributed by atoms with Crippen molar-refractivity contribution in [2.24, 2.45) is 7.05 Å². The Kier molecular flexibility index (Phi) is 3.20. The van der Waals surface area contributed by atoms with E-state index in [0.29, 0.717) is 12.8 Å². The number of aromatic nitrogens is 2. The van der Waals surface area contributed by atoms with E-state index < -0.39 is 11.4 Å². The van der Waals surface area contributed by atoms with E-state index in [0.717, 1.165) is 24.1 Å². The summed E-state index contributed by atoms with van der Waals surface area (Å²) in [5.41, 5.74) is 0.722. The van der Waals surface area contributed by atoms with Crippen molar-refractivity contribution >= 4 is 5.97 Å². The van der Waals surface area contributed by atoms with Gasteiger partial charge in [-0.25, -0.2) is 4.79 Å². The van der Waals surface area contributed by atoms with Crippen LogP contribution in [-0.2, 0) is 17.3 Å². The maximum atomic E-state index is 11.9. The van der Waals surface area contributed by atoms with Crippen molar-refractivity contribution in [1.29, 1.82) is 0 Å². The lowest BCUT2D eigenvalue weighted by atomic mass is 9.79. The first-order chi connectivity index (χ1) is 10.0. The van der Waals surface area contributed by atoms with Gasteiger partial charge in [0.05, 0.1) is 11.1 Å². The van der Waals surface area contributed by atoms with Crippen molar-refractivity contribution in [3.05, 3.63) is 52.7 Å². The molecule has 5 nitrogen and oxygen atoms in total. The predicted molar refractivity (Wildman–Crippen MR) is 78.8 cm³/mol. The molecule has 0 saturated heterocycles. The first-order valence-electron chi connectivity index (χ1n) is 7.13. The topological polar surface area (TPSA) is 64.2 Å². The predicted octanol–water partition coefficient (Wildman–Crippen LogP) is 2.07. The highest BCUT2D eigenvalue weighted by Gasteiger charge is 2.42. The van der Waals surface area contributed by atoms with Crippen LogP contribution in [0.15, 0.2) is 41.5 Å². The minimum Gasteiger partial charge on any atom is -0.481 e. The molecule has 3 rings (SSSR count). The molecule has 1 aromatic heterocycles. The molecule has 0 atom stereocenters. The van der Waals surface area contributed by atoms with Gasteiger partial charge in [-0.1, -0.05) is 25.0 Å². The molecule has 0 unspecified atom stereocenters. The molecule has 2 aromatic rings. The average Bonchev–Trinajstić information content (AvgIpc) is 3.09. The molecule has 21 heavy (non-hydrogen) atoms. The van der Waals surface area contributed by atoms with Gasteiger partial charge in [-0.2, -0.15) is 0 Å². The Balaban J connectivity index is 1.99. The molecule has 0 bridgehead atoms. The van der Waals surface area contributed by atoms with Crippen molar-refractivity contribution in [2.45, 2.75) is 31.1 Å². The third-order valence-electron chi connectivity index (χ3n) is 4.51. The van der Waals surface area contributed by atoms with Gasteiger partial charge in [-0.15, -0.1) is 0 Å². The highest BCUT2D eigenvalue weighted by molar-refractivity contribution is 5.81. The molecule has 0 radical (unpaired) electrons. The first kappa shape index (κ1) is 13.7. The van der Waals surface area contributed by atoms with E-state index in [4.69, 9.17) is 0 Å². The molecule has 1 aliphatic carbocycles. The van der Waals surface area contributed by atoms with Crippen LogP contribution >= 0.6 is 0 Å². The van der Waals surface area contributed by atoms with Gasteiger partial charge >= 0.3 is 11.7 Å².